The van der Waals surface area contributed by atoms with Gasteiger partial charge in [-0.25, -0.2) is 13.8 Å². The maximum atomic E-state index is 16.1. The number of nitrogens with zero attached hydrogens (tertiary/aromatic N) is 7. The molecule has 6 heterocycles. The van der Waals surface area contributed by atoms with Gasteiger partial charge in [-0.15, -0.1) is 11.3 Å². The van der Waals surface area contributed by atoms with Crippen molar-refractivity contribution in [1.82, 2.24) is 29.2 Å². The molecule has 1 atom stereocenters. The molecular formula is C35H29F2N7O3S. The van der Waals surface area contributed by atoms with Crippen molar-refractivity contribution in [2.75, 3.05) is 26.9 Å². The highest BCUT2D eigenvalue weighted by molar-refractivity contribution is 7.18. The van der Waals surface area contributed by atoms with E-state index < -0.39 is 11.6 Å². The maximum absolute atomic E-state index is 16.1. The molecule has 10 nitrogen and oxygen atoms in total. The fourth-order valence-corrected chi connectivity index (χ4v) is 7.25. The molecule has 1 aliphatic rings. The molecule has 1 aliphatic heterocycles. The molecular weight excluding hydrogens is 636 g/mol. The van der Waals surface area contributed by atoms with Crippen molar-refractivity contribution < 1.29 is 23.0 Å². The van der Waals surface area contributed by atoms with E-state index in [-0.39, 0.29) is 36.5 Å². The second-order valence-electron chi connectivity index (χ2n) is 11.4. The summed E-state index contributed by atoms with van der Waals surface area (Å²) in [7, 11) is 3.36. The van der Waals surface area contributed by atoms with Gasteiger partial charge < -0.3 is 18.9 Å². The van der Waals surface area contributed by atoms with Crippen molar-refractivity contribution >= 4 is 38.4 Å². The van der Waals surface area contributed by atoms with Gasteiger partial charge in [0.25, 0.3) is 0 Å². The normalized spacial score (nSPS) is 14.3. The van der Waals surface area contributed by atoms with Crippen molar-refractivity contribution in [2.45, 2.75) is 19.5 Å². The van der Waals surface area contributed by atoms with Crippen molar-refractivity contribution in [3.63, 3.8) is 0 Å². The Balaban J connectivity index is 1.51. The maximum Gasteiger partial charge on any atom is 0.246 e. The lowest BCUT2D eigenvalue weighted by atomic mass is 9.96. The molecule has 48 heavy (non-hydrogen) atoms. The van der Waals surface area contributed by atoms with Gasteiger partial charge in [-0.2, -0.15) is 10.4 Å². The Kier molecular flexibility index (Phi) is 7.98. The molecule has 6 aromatic rings. The van der Waals surface area contributed by atoms with Crippen LogP contribution < -0.4 is 4.74 Å². The third kappa shape index (κ3) is 5.10. The van der Waals surface area contributed by atoms with Crippen LogP contribution in [0, 0.1) is 23.0 Å². The molecule has 0 N–H and O–H groups in total. The standard InChI is InChI=1S/C35H29F2N7O3S/c1-5-29(45)43-7-8-44-26(19(43)2)15-25(41-44)34-31(30-24(37)13-22(36)14-28(30)47-10-9-46-4)35-23(6-11-48-35)32(40-34)20-12-27-33(39-17-20)21(16-38)18-42(27)3/h5-6,11-15,17-19H,1,7-10H2,2-4H3/t19-/m1/s1. The zero-order chi connectivity index (χ0) is 33.7. The van der Waals surface area contributed by atoms with Crippen LogP contribution in [-0.4, -0.2) is 62.0 Å². The summed E-state index contributed by atoms with van der Waals surface area (Å²) < 4.78 is 46.1. The first-order valence-corrected chi connectivity index (χ1v) is 16.0. The molecule has 0 unspecified atom stereocenters. The molecule has 13 heteroatoms. The summed E-state index contributed by atoms with van der Waals surface area (Å²) in [6.07, 6.45) is 4.69. The number of ether oxygens (including phenoxy) is 2. The lowest BCUT2D eigenvalue weighted by Gasteiger charge is -2.33. The predicted octanol–water partition coefficient (Wildman–Crippen LogP) is 6.64. The predicted molar refractivity (Wildman–Crippen MR) is 178 cm³/mol. The minimum absolute atomic E-state index is 0.00562. The summed E-state index contributed by atoms with van der Waals surface area (Å²) in [5, 5.41) is 17.1. The molecule has 0 fully saturated rings. The van der Waals surface area contributed by atoms with Gasteiger partial charge in [0.1, 0.15) is 47.0 Å². The average molecular weight is 666 g/mol. The Morgan fingerprint density at radius 3 is 2.79 bits per heavy atom. The second kappa shape index (κ2) is 12.3. The molecule has 242 valence electrons. The van der Waals surface area contributed by atoms with Gasteiger partial charge in [0.05, 0.1) is 47.2 Å². The van der Waals surface area contributed by atoms with E-state index in [1.165, 1.54) is 24.5 Å². The van der Waals surface area contributed by atoms with E-state index in [2.05, 4.69) is 17.6 Å². The summed E-state index contributed by atoms with van der Waals surface area (Å²) >= 11 is 1.39. The average Bonchev–Trinajstić information content (AvgIpc) is 3.82. The zero-order valence-electron chi connectivity index (χ0n) is 26.3. The Labute approximate surface area is 278 Å². The molecule has 0 saturated heterocycles. The first-order valence-electron chi connectivity index (χ1n) is 15.1. The molecule has 7 rings (SSSR count). The topological polar surface area (TPSA) is 111 Å². The minimum atomic E-state index is -0.816. The lowest BCUT2D eigenvalue weighted by molar-refractivity contribution is -0.129. The number of aromatic nitrogens is 5. The number of benzene rings is 1. The van der Waals surface area contributed by atoms with E-state index in [0.29, 0.717) is 57.1 Å². The molecule has 0 aliphatic carbocycles. The highest BCUT2D eigenvalue weighted by Crippen LogP contribution is 2.47. The first-order chi connectivity index (χ1) is 23.2. The molecule has 1 amide bonds. The van der Waals surface area contributed by atoms with E-state index >= 15 is 4.39 Å². The monoisotopic (exact) mass is 665 g/mol. The van der Waals surface area contributed by atoms with Gasteiger partial charge in [0.15, 0.2) is 0 Å². The van der Waals surface area contributed by atoms with Gasteiger partial charge >= 0.3 is 0 Å². The number of rotatable bonds is 8. The SMILES string of the molecule is C=CC(=O)N1CCn2nc(-c3nc(-c4cnc5c(C#N)cn(C)c5c4)c4ccsc4c3-c3c(F)cc(F)cc3OCCOC)cc2[C@H]1C. The number of carbonyl (C=O) groups is 1. The van der Waals surface area contributed by atoms with Crippen molar-refractivity contribution in [3.05, 3.63) is 83.7 Å². The Morgan fingerprint density at radius 1 is 1.19 bits per heavy atom. The summed E-state index contributed by atoms with van der Waals surface area (Å²) in [6.45, 7) is 6.71. The molecule has 0 spiro atoms. The van der Waals surface area contributed by atoms with Crippen molar-refractivity contribution in [3.8, 4) is 45.6 Å². The number of aryl methyl sites for hydroxylation is 1. The van der Waals surface area contributed by atoms with E-state index in [1.807, 2.05) is 46.8 Å². The second-order valence-corrected chi connectivity index (χ2v) is 12.3. The van der Waals surface area contributed by atoms with Crippen LogP contribution in [0.5, 0.6) is 5.75 Å². The highest BCUT2D eigenvalue weighted by atomic mass is 32.1. The van der Waals surface area contributed by atoms with Gasteiger partial charge in [-0.1, -0.05) is 6.58 Å². The number of amides is 1. The summed E-state index contributed by atoms with van der Waals surface area (Å²) in [6, 6.07) is 9.53. The molecule has 0 radical (unpaired) electrons. The van der Waals surface area contributed by atoms with Gasteiger partial charge in [-0.05, 0) is 36.6 Å². The third-order valence-corrected chi connectivity index (χ3v) is 9.53. The number of fused-ring (bicyclic) bond motifs is 3. The Hall–Kier alpha value is -5.45. The zero-order valence-corrected chi connectivity index (χ0v) is 27.1. The first kappa shape index (κ1) is 31.2. The van der Waals surface area contributed by atoms with E-state index in [1.54, 1.807) is 17.3 Å². The van der Waals surface area contributed by atoms with Crippen molar-refractivity contribution in [2.24, 2.45) is 7.05 Å². The third-order valence-electron chi connectivity index (χ3n) is 8.60. The van der Waals surface area contributed by atoms with Crippen LogP contribution in [0.4, 0.5) is 8.78 Å². The number of hydrogen-bond acceptors (Lipinski definition) is 8. The van der Waals surface area contributed by atoms with E-state index in [0.717, 1.165) is 28.7 Å². The fraction of sp³-hybridized carbons (Fsp3) is 0.229. The van der Waals surface area contributed by atoms with Crippen LogP contribution in [0.3, 0.4) is 0 Å². The van der Waals surface area contributed by atoms with E-state index in [4.69, 9.17) is 19.6 Å². The van der Waals surface area contributed by atoms with Crippen LogP contribution in [-0.2, 0) is 23.1 Å². The summed E-state index contributed by atoms with van der Waals surface area (Å²) in [5.41, 5.74) is 5.05. The smallest absolute Gasteiger partial charge is 0.246 e. The number of halogens is 2. The lowest BCUT2D eigenvalue weighted by Crippen LogP contribution is -2.40. The number of hydrogen-bond donors (Lipinski definition) is 0. The Morgan fingerprint density at radius 2 is 2.02 bits per heavy atom. The number of thiophene rings is 1. The quantitative estimate of drug-likeness (QED) is 0.132. The van der Waals surface area contributed by atoms with Crippen LogP contribution in [0.2, 0.25) is 0 Å². The van der Waals surface area contributed by atoms with Gasteiger partial charge in [0.2, 0.25) is 5.91 Å². The number of pyridine rings is 2. The van der Waals surface area contributed by atoms with Crippen LogP contribution in [0.15, 0.2) is 60.8 Å². The van der Waals surface area contributed by atoms with E-state index in [9.17, 15) is 14.4 Å². The molecule has 1 aromatic carbocycles. The highest BCUT2D eigenvalue weighted by Gasteiger charge is 2.31. The Bertz CT molecular complexity index is 2300. The summed E-state index contributed by atoms with van der Waals surface area (Å²) in [4.78, 5) is 24.1. The van der Waals surface area contributed by atoms with Gasteiger partial charge in [-0.3, -0.25) is 14.5 Å². The summed E-state index contributed by atoms with van der Waals surface area (Å²) in [5.74, 6) is -1.78. The molecule has 0 saturated carbocycles. The van der Waals surface area contributed by atoms with Crippen LogP contribution in [0.25, 0.3) is 54.9 Å². The number of nitriles is 1. The molecule has 5 aromatic heterocycles. The van der Waals surface area contributed by atoms with Crippen LogP contribution >= 0.6 is 11.3 Å². The minimum Gasteiger partial charge on any atom is -0.490 e. The fourth-order valence-electron chi connectivity index (χ4n) is 6.31. The van der Waals surface area contributed by atoms with Crippen molar-refractivity contribution in [1.29, 1.82) is 5.26 Å². The molecule has 0 bridgehead atoms. The number of methoxy groups -OCH3 is 1. The largest absolute Gasteiger partial charge is 0.490 e. The number of carbonyl (C=O) groups excluding carboxylic acids is 1. The van der Waals surface area contributed by atoms with Crippen LogP contribution in [0.1, 0.15) is 24.2 Å². The van der Waals surface area contributed by atoms with Gasteiger partial charge in [0, 0.05) is 66.4 Å².